The van der Waals surface area contributed by atoms with Crippen LogP contribution in [0.2, 0.25) is 0 Å². The Balaban J connectivity index is 1.48. The summed E-state index contributed by atoms with van der Waals surface area (Å²) in [5, 5.41) is 0. The van der Waals surface area contributed by atoms with Gasteiger partial charge >= 0.3 is 0 Å². The Morgan fingerprint density at radius 2 is 1.57 bits per heavy atom. The molecular weight excluding hydrogens is 338 g/mol. The van der Waals surface area contributed by atoms with E-state index in [4.69, 9.17) is 5.73 Å². The Labute approximate surface area is 172 Å². The van der Waals surface area contributed by atoms with Crippen LogP contribution in [-0.2, 0) is 6.42 Å². The molecule has 0 spiro atoms. The van der Waals surface area contributed by atoms with Gasteiger partial charge in [-0.15, -0.1) is 0 Å². The monoisotopic (exact) mass is 377 g/mol. The third-order valence-electron chi connectivity index (χ3n) is 6.78. The first-order valence-electron chi connectivity index (χ1n) is 11.6. The van der Waals surface area contributed by atoms with Crippen molar-refractivity contribution in [1.29, 1.82) is 0 Å². The fraction of sp³-hybridized carbons (Fsp3) is 0.556. The van der Waals surface area contributed by atoms with Gasteiger partial charge in [-0.2, -0.15) is 0 Å². The van der Waals surface area contributed by atoms with Crippen molar-refractivity contribution in [2.24, 2.45) is 5.92 Å². The molecule has 0 amide bonds. The minimum atomic E-state index is 0.778. The van der Waals surface area contributed by atoms with E-state index in [1.165, 1.54) is 80.9 Å². The molecule has 0 saturated heterocycles. The van der Waals surface area contributed by atoms with E-state index in [1.54, 1.807) is 5.56 Å². The Hall–Kier alpha value is -1.76. The number of rotatable bonds is 9. The van der Waals surface area contributed by atoms with E-state index in [-0.39, 0.29) is 0 Å². The zero-order valence-electron chi connectivity index (χ0n) is 18.1. The van der Waals surface area contributed by atoms with Crippen molar-refractivity contribution >= 4 is 5.69 Å². The largest absolute Gasteiger partial charge is 0.399 e. The van der Waals surface area contributed by atoms with E-state index in [0.717, 1.165) is 23.9 Å². The van der Waals surface area contributed by atoms with E-state index in [9.17, 15) is 0 Å². The van der Waals surface area contributed by atoms with Gasteiger partial charge in [0.05, 0.1) is 0 Å². The molecule has 1 fully saturated rings. The van der Waals surface area contributed by atoms with Crippen LogP contribution in [0.15, 0.2) is 42.5 Å². The fourth-order valence-electron chi connectivity index (χ4n) is 4.85. The quantitative estimate of drug-likeness (QED) is 0.350. The molecule has 1 aliphatic carbocycles. The third-order valence-corrected chi connectivity index (χ3v) is 6.78. The minimum Gasteiger partial charge on any atom is -0.399 e. The summed E-state index contributed by atoms with van der Waals surface area (Å²) in [6, 6.07) is 15.5. The normalized spacial score (nSPS) is 19.6. The van der Waals surface area contributed by atoms with Crippen LogP contribution in [0.5, 0.6) is 0 Å². The first-order valence-corrected chi connectivity index (χ1v) is 11.6. The van der Waals surface area contributed by atoms with Crippen molar-refractivity contribution in [1.82, 2.24) is 0 Å². The second kappa shape index (κ2) is 10.7. The van der Waals surface area contributed by atoms with Gasteiger partial charge in [0, 0.05) is 5.69 Å². The van der Waals surface area contributed by atoms with Crippen LogP contribution in [0, 0.1) is 12.8 Å². The summed E-state index contributed by atoms with van der Waals surface area (Å²) in [6.45, 7) is 4.57. The standard InChI is InChI=1S/C27H39N/c1-3-4-5-6-7-8-22-9-13-24(14-10-22)26-16-15-25(21(2)19-26)20-23-11-17-27(28)18-12-23/h11-12,15-19,22,24H,3-10,13-14,20,28H2,1-2H3. The molecule has 0 aliphatic heterocycles. The first-order chi connectivity index (χ1) is 13.7. The van der Waals surface area contributed by atoms with E-state index in [1.807, 2.05) is 12.1 Å². The van der Waals surface area contributed by atoms with Gasteiger partial charge in [0.2, 0.25) is 0 Å². The Morgan fingerprint density at radius 3 is 2.25 bits per heavy atom. The van der Waals surface area contributed by atoms with E-state index in [2.05, 4.69) is 44.2 Å². The molecule has 0 bridgehead atoms. The molecule has 28 heavy (non-hydrogen) atoms. The average Bonchev–Trinajstić information content (AvgIpc) is 2.71. The number of hydrogen-bond acceptors (Lipinski definition) is 1. The highest BCUT2D eigenvalue weighted by molar-refractivity contribution is 5.42. The van der Waals surface area contributed by atoms with Crippen molar-refractivity contribution < 1.29 is 0 Å². The fourth-order valence-corrected chi connectivity index (χ4v) is 4.85. The SMILES string of the molecule is CCCCCCCC1CCC(c2ccc(Cc3ccc(N)cc3)c(C)c2)CC1. The summed E-state index contributed by atoms with van der Waals surface area (Å²) in [5.74, 6) is 1.77. The van der Waals surface area contributed by atoms with Gasteiger partial charge in [0.15, 0.2) is 0 Å². The van der Waals surface area contributed by atoms with Crippen LogP contribution in [-0.4, -0.2) is 0 Å². The van der Waals surface area contributed by atoms with Gasteiger partial charge < -0.3 is 5.73 Å². The maximum atomic E-state index is 5.81. The van der Waals surface area contributed by atoms with Gasteiger partial charge in [0.25, 0.3) is 0 Å². The zero-order valence-corrected chi connectivity index (χ0v) is 18.1. The molecule has 152 valence electrons. The molecule has 0 heterocycles. The lowest BCUT2D eigenvalue weighted by molar-refractivity contribution is 0.302. The summed E-state index contributed by atoms with van der Waals surface area (Å²) in [5.41, 5.74) is 12.4. The molecule has 0 unspecified atom stereocenters. The highest BCUT2D eigenvalue weighted by Crippen LogP contribution is 2.38. The van der Waals surface area contributed by atoms with Crippen molar-refractivity contribution in [3.8, 4) is 0 Å². The molecule has 2 aromatic rings. The minimum absolute atomic E-state index is 0.778. The highest BCUT2D eigenvalue weighted by Gasteiger charge is 2.22. The maximum Gasteiger partial charge on any atom is 0.0314 e. The molecule has 1 heteroatoms. The summed E-state index contributed by atoms with van der Waals surface area (Å²) in [4.78, 5) is 0. The predicted octanol–water partition coefficient (Wildman–Crippen LogP) is 7.80. The first kappa shape index (κ1) is 21.0. The Kier molecular flexibility index (Phi) is 8.01. The van der Waals surface area contributed by atoms with Crippen molar-refractivity contribution in [2.75, 3.05) is 5.73 Å². The summed E-state index contributed by atoms with van der Waals surface area (Å²) < 4.78 is 0. The van der Waals surface area contributed by atoms with Crippen LogP contribution >= 0.6 is 0 Å². The molecule has 0 aromatic heterocycles. The smallest absolute Gasteiger partial charge is 0.0314 e. The topological polar surface area (TPSA) is 26.0 Å². The molecular formula is C27H39N. The van der Waals surface area contributed by atoms with Crippen molar-refractivity contribution in [3.05, 3.63) is 64.7 Å². The number of unbranched alkanes of at least 4 members (excludes halogenated alkanes) is 4. The number of nitrogen functional groups attached to an aromatic ring is 1. The van der Waals surface area contributed by atoms with Gasteiger partial charge in [-0.1, -0.05) is 75.8 Å². The van der Waals surface area contributed by atoms with Gasteiger partial charge in [0.1, 0.15) is 0 Å². The van der Waals surface area contributed by atoms with Crippen LogP contribution < -0.4 is 5.73 Å². The van der Waals surface area contributed by atoms with Gasteiger partial charge in [-0.3, -0.25) is 0 Å². The van der Waals surface area contributed by atoms with Crippen LogP contribution in [0.25, 0.3) is 0 Å². The molecule has 1 aliphatic rings. The van der Waals surface area contributed by atoms with E-state index < -0.39 is 0 Å². The predicted molar refractivity (Wildman–Crippen MR) is 123 cm³/mol. The lowest BCUT2D eigenvalue weighted by atomic mass is 9.76. The van der Waals surface area contributed by atoms with Crippen molar-refractivity contribution in [2.45, 2.75) is 90.4 Å². The van der Waals surface area contributed by atoms with Crippen LogP contribution in [0.3, 0.4) is 0 Å². The number of anilines is 1. The summed E-state index contributed by atoms with van der Waals surface area (Å²) >= 11 is 0. The molecule has 3 rings (SSSR count). The van der Waals surface area contributed by atoms with Gasteiger partial charge in [-0.25, -0.2) is 0 Å². The van der Waals surface area contributed by atoms with Crippen LogP contribution in [0.4, 0.5) is 5.69 Å². The lowest BCUT2D eigenvalue weighted by Crippen LogP contribution is -2.13. The van der Waals surface area contributed by atoms with E-state index >= 15 is 0 Å². The highest BCUT2D eigenvalue weighted by atomic mass is 14.5. The second-order valence-corrected chi connectivity index (χ2v) is 9.02. The summed E-state index contributed by atoms with van der Waals surface area (Å²) in [6.07, 6.45) is 15.2. The molecule has 2 aromatic carbocycles. The Morgan fingerprint density at radius 1 is 0.857 bits per heavy atom. The summed E-state index contributed by atoms with van der Waals surface area (Å²) in [7, 11) is 0. The lowest BCUT2D eigenvalue weighted by Gasteiger charge is -2.29. The second-order valence-electron chi connectivity index (χ2n) is 9.02. The number of benzene rings is 2. The molecule has 0 atom stereocenters. The third kappa shape index (κ3) is 6.12. The maximum absolute atomic E-state index is 5.81. The molecule has 1 nitrogen and oxygen atoms in total. The molecule has 2 N–H and O–H groups in total. The zero-order chi connectivity index (χ0) is 19.8. The number of hydrogen-bond donors (Lipinski definition) is 1. The van der Waals surface area contributed by atoms with Crippen LogP contribution in [0.1, 0.15) is 99.3 Å². The Bertz CT molecular complexity index is 708. The van der Waals surface area contributed by atoms with E-state index in [0.29, 0.717) is 0 Å². The molecule has 1 saturated carbocycles. The molecule has 0 radical (unpaired) electrons. The number of nitrogens with two attached hydrogens (primary N) is 1. The van der Waals surface area contributed by atoms with Crippen molar-refractivity contribution in [3.63, 3.8) is 0 Å². The average molecular weight is 378 g/mol. The number of aryl methyl sites for hydroxylation is 1. The van der Waals surface area contributed by atoms with Gasteiger partial charge in [-0.05, 0) is 85.3 Å².